The van der Waals surface area contributed by atoms with E-state index in [2.05, 4.69) is 10.3 Å². The highest BCUT2D eigenvalue weighted by Gasteiger charge is 2.06. The first-order valence-corrected chi connectivity index (χ1v) is 6.54. The van der Waals surface area contributed by atoms with Crippen molar-refractivity contribution >= 4 is 11.3 Å². The summed E-state index contributed by atoms with van der Waals surface area (Å²) in [4.78, 5) is 4.18. The van der Waals surface area contributed by atoms with Crippen LogP contribution in [0.1, 0.15) is 10.6 Å². The number of nitrogens with one attached hydrogen (secondary N) is 1. The first-order chi connectivity index (χ1) is 8.83. The molecule has 1 N–H and O–H groups in total. The summed E-state index contributed by atoms with van der Waals surface area (Å²) in [6, 6.07) is 5.93. The average Bonchev–Trinajstić information content (AvgIpc) is 2.90. The van der Waals surface area contributed by atoms with Gasteiger partial charge in [0.25, 0.3) is 0 Å². The first-order valence-electron chi connectivity index (χ1n) is 5.66. The minimum absolute atomic E-state index is 0.472. The predicted octanol–water partition coefficient (Wildman–Crippen LogP) is 2.45. The van der Waals surface area contributed by atoms with Crippen molar-refractivity contribution in [1.29, 1.82) is 0 Å². The topological polar surface area (TPSA) is 43.4 Å². The Kier molecular flexibility index (Phi) is 4.55. The van der Waals surface area contributed by atoms with Gasteiger partial charge in [0, 0.05) is 18.1 Å². The summed E-state index contributed by atoms with van der Waals surface area (Å²) < 4.78 is 11.0. The van der Waals surface area contributed by atoms with Gasteiger partial charge in [-0.05, 0) is 24.7 Å². The Morgan fingerprint density at radius 2 is 2.22 bits per heavy atom. The van der Waals surface area contributed by atoms with Crippen LogP contribution in [0.3, 0.4) is 0 Å². The largest absolute Gasteiger partial charge is 0.493 e. The highest BCUT2D eigenvalue weighted by molar-refractivity contribution is 7.09. The molecule has 0 saturated carbocycles. The molecule has 0 atom stereocenters. The lowest BCUT2D eigenvalue weighted by molar-refractivity contribution is 0.284. The molecule has 18 heavy (non-hydrogen) atoms. The molecule has 5 heteroatoms. The minimum Gasteiger partial charge on any atom is -0.493 e. The Balaban J connectivity index is 2.07. The highest BCUT2D eigenvalue weighted by atomic mass is 32.1. The molecule has 0 aliphatic rings. The van der Waals surface area contributed by atoms with Gasteiger partial charge in [-0.2, -0.15) is 0 Å². The quantitative estimate of drug-likeness (QED) is 0.870. The summed E-state index contributed by atoms with van der Waals surface area (Å²) >= 11 is 1.58. The van der Waals surface area contributed by atoms with Crippen molar-refractivity contribution in [3.05, 3.63) is 40.3 Å². The highest BCUT2D eigenvalue weighted by Crippen LogP contribution is 2.28. The third kappa shape index (κ3) is 3.21. The van der Waals surface area contributed by atoms with Gasteiger partial charge in [0.2, 0.25) is 0 Å². The molecule has 2 aromatic rings. The van der Waals surface area contributed by atoms with Crippen LogP contribution in [0.5, 0.6) is 11.5 Å². The summed E-state index contributed by atoms with van der Waals surface area (Å²) in [5.74, 6) is 1.49. The summed E-state index contributed by atoms with van der Waals surface area (Å²) in [5.41, 5.74) is 1.16. The van der Waals surface area contributed by atoms with Gasteiger partial charge in [0.15, 0.2) is 11.5 Å². The van der Waals surface area contributed by atoms with Crippen LogP contribution in [0.4, 0.5) is 0 Å². The lowest BCUT2D eigenvalue weighted by Crippen LogP contribution is -2.05. The molecule has 1 aromatic carbocycles. The molecule has 1 aromatic heterocycles. The third-order valence-electron chi connectivity index (χ3n) is 2.44. The number of methoxy groups -OCH3 is 1. The van der Waals surface area contributed by atoms with E-state index in [0.717, 1.165) is 28.6 Å². The first kappa shape index (κ1) is 12.9. The van der Waals surface area contributed by atoms with Crippen molar-refractivity contribution in [2.45, 2.75) is 13.2 Å². The van der Waals surface area contributed by atoms with Gasteiger partial charge in [0.05, 0.1) is 7.11 Å². The number of ether oxygens (including phenoxy) is 2. The van der Waals surface area contributed by atoms with Crippen molar-refractivity contribution in [3.8, 4) is 11.5 Å². The maximum Gasteiger partial charge on any atom is 0.161 e. The number of aromatic nitrogens is 1. The van der Waals surface area contributed by atoms with E-state index >= 15 is 0 Å². The molecule has 2 rings (SSSR count). The van der Waals surface area contributed by atoms with Crippen molar-refractivity contribution in [1.82, 2.24) is 10.3 Å². The van der Waals surface area contributed by atoms with Crippen molar-refractivity contribution < 1.29 is 9.47 Å². The molecule has 1 heterocycles. The van der Waals surface area contributed by atoms with Gasteiger partial charge in [-0.15, -0.1) is 11.3 Å². The molecule has 0 aliphatic carbocycles. The molecule has 0 bridgehead atoms. The Morgan fingerprint density at radius 3 is 2.89 bits per heavy atom. The molecular formula is C13H16N2O2S. The minimum atomic E-state index is 0.472. The van der Waals surface area contributed by atoms with Gasteiger partial charge in [-0.3, -0.25) is 0 Å². The van der Waals surface area contributed by atoms with Gasteiger partial charge in [-0.1, -0.05) is 6.07 Å². The van der Waals surface area contributed by atoms with Crippen molar-refractivity contribution in [2.24, 2.45) is 0 Å². The lowest BCUT2D eigenvalue weighted by atomic mass is 10.2. The van der Waals surface area contributed by atoms with E-state index in [0.29, 0.717) is 6.61 Å². The number of hydrogen-bond donors (Lipinski definition) is 1. The fraction of sp³-hybridized carbons (Fsp3) is 0.308. The van der Waals surface area contributed by atoms with E-state index in [1.54, 1.807) is 24.6 Å². The predicted molar refractivity (Wildman–Crippen MR) is 72.2 cm³/mol. The number of thiazole rings is 1. The molecule has 0 aliphatic heterocycles. The Morgan fingerprint density at radius 1 is 1.33 bits per heavy atom. The second kappa shape index (κ2) is 6.37. The van der Waals surface area contributed by atoms with Crippen LogP contribution < -0.4 is 14.8 Å². The number of hydrogen-bond acceptors (Lipinski definition) is 5. The second-order valence-electron chi connectivity index (χ2n) is 3.73. The standard InChI is InChI=1S/C13H16N2O2S/c1-14-8-10-3-4-11(12(7-10)16-2)17-9-13-15-5-6-18-13/h3-7,14H,8-9H2,1-2H3. The Hall–Kier alpha value is -1.59. The van der Waals surface area contributed by atoms with Crippen molar-refractivity contribution in [3.63, 3.8) is 0 Å². The third-order valence-corrected chi connectivity index (χ3v) is 3.20. The fourth-order valence-electron chi connectivity index (χ4n) is 1.61. The second-order valence-corrected chi connectivity index (χ2v) is 4.71. The molecule has 0 saturated heterocycles. The summed E-state index contributed by atoms with van der Waals surface area (Å²) in [5, 5.41) is 6.00. The molecule has 0 radical (unpaired) electrons. The Labute approximate surface area is 111 Å². The smallest absolute Gasteiger partial charge is 0.161 e. The monoisotopic (exact) mass is 264 g/mol. The number of benzene rings is 1. The van der Waals surface area contributed by atoms with Crippen LogP contribution in [-0.4, -0.2) is 19.1 Å². The maximum atomic E-state index is 5.71. The molecule has 0 amide bonds. The molecule has 0 spiro atoms. The van der Waals surface area contributed by atoms with Crippen LogP contribution in [-0.2, 0) is 13.2 Å². The van der Waals surface area contributed by atoms with E-state index in [9.17, 15) is 0 Å². The van der Waals surface area contributed by atoms with E-state index in [4.69, 9.17) is 9.47 Å². The van der Waals surface area contributed by atoms with Crippen LogP contribution in [0, 0.1) is 0 Å². The summed E-state index contributed by atoms with van der Waals surface area (Å²) in [7, 11) is 3.56. The Bertz CT molecular complexity index is 486. The van der Waals surface area contributed by atoms with E-state index in [1.165, 1.54) is 0 Å². The van der Waals surface area contributed by atoms with E-state index in [1.807, 2.05) is 30.6 Å². The fourth-order valence-corrected chi connectivity index (χ4v) is 2.14. The van der Waals surface area contributed by atoms with E-state index < -0.39 is 0 Å². The zero-order valence-corrected chi connectivity index (χ0v) is 11.3. The van der Waals surface area contributed by atoms with Gasteiger partial charge < -0.3 is 14.8 Å². The number of rotatable bonds is 6. The zero-order chi connectivity index (χ0) is 12.8. The zero-order valence-electron chi connectivity index (χ0n) is 10.5. The molecular weight excluding hydrogens is 248 g/mol. The van der Waals surface area contributed by atoms with Crippen LogP contribution >= 0.6 is 11.3 Å². The average molecular weight is 264 g/mol. The van der Waals surface area contributed by atoms with Gasteiger partial charge >= 0.3 is 0 Å². The SMILES string of the molecule is CNCc1ccc(OCc2nccs2)c(OC)c1. The van der Waals surface area contributed by atoms with Crippen molar-refractivity contribution in [2.75, 3.05) is 14.2 Å². The molecule has 0 unspecified atom stereocenters. The molecule has 0 fully saturated rings. The van der Waals surface area contributed by atoms with Gasteiger partial charge in [0.1, 0.15) is 11.6 Å². The van der Waals surface area contributed by atoms with E-state index in [-0.39, 0.29) is 0 Å². The molecule has 4 nitrogen and oxygen atoms in total. The molecule has 96 valence electrons. The normalized spacial score (nSPS) is 10.3. The number of nitrogens with zero attached hydrogens (tertiary/aromatic N) is 1. The maximum absolute atomic E-state index is 5.71. The van der Waals surface area contributed by atoms with Crippen LogP contribution in [0.15, 0.2) is 29.8 Å². The van der Waals surface area contributed by atoms with Crippen LogP contribution in [0.25, 0.3) is 0 Å². The summed E-state index contributed by atoms with van der Waals surface area (Å²) in [6.07, 6.45) is 1.77. The van der Waals surface area contributed by atoms with Crippen LogP contribution in [0.2, 0.25) is 0 Å². The summed E-state index contributed by atoms with van der Waals surface area (Å²) in [6.45, 7) is 1.28. The lowest BCUT2D eigenvalue weighted by Gasteiger charge is -2.11. The van der Waals surface area contributed by atoms with Gasteiger partial charge in [-0.25, -0.2) is 4.98 Å².